The molecule has 600 valence electrons. The number of benzene rings is 4. The number of carbonyl (C=O) groups excluding carboxylic acids is 12. The Labute approximate surface area is 685 Å². The Hall–Kier alpha value is -5.96. The number of ether oxygens (including phenoxy) is 13. The third-order valence-electron chi connectivity index (χ3n) is 14.2. The van der Waals surface area contributed by atoms with Gasteiger partial charge in [-0.15, -0.1) is 0 Å². The Morgan fingerprint density at radius 3 is 1.16 bits per heavy atom. The molecular weight excluding hydrogens is 1900 g/mol. The predicted octanol–water partition coefficient (Wildman–Crippen LogP) is 4.78. The van der Waals surface area contributed by atoms with Gasteiger partial charge in [0.2, 0.25) is 23.8 Å². The molecule has 4 aromatic carbocycles. The summed E-state index contributed by atoms with van der Waals surface area (Å²) >= 11 is 22.2. The molecule has 0 radical (unpaired) electrons. The van der Waals surface area contributed by atoms with Crippen molar-refractivity contribution in [3.63, 3.8) is 0 Å². The molecule has 2 aliphatic heterocycles. The van der Waals surface area contributed by atoms with Crippen molar-refractivity contribution in [3.8, 4) is 0 Å². The van der Waals surface area contributed by atoms with E-state index < -0.39 is 207 Å². The summed E-state index contributed by atoms with van der Waals surface area (Å²) in [6.45, 7) is 8.04. The Morgan fingerprint density at radius 2 is 0.807 bits per heavy atom. The van der Waals surface area contributed by atoms with Crippen LogP contribution in [0.1, 0.15) is 96.8 Å². The van der Waals surface area contributed by atoms with E-state index in [-0.39, 0.29) is 5.56 Å². The number of aliphatic hydroxyl groups is 8. The summed E-state index contributed by atoms with van der Waals surface area (Å²) in [4.78, 5) is 141. The number of methoxy groups -OCH3 is 1. The molecule has 0 aromatic heterocycles. The number of ketones is 1. The fraction of sp³-hybridized carbons (Fsp3) is 0.478. The molecule has 0 amide bonds. The molecule has 6 rings (SSSR count). The molecule has 0 bridgehead atoms. The molecule has 2 saturated heterocycles. The van der Waals surface area contributed by atoms with Crippen molar-refractivity contribution in [2.24, 2.45) is 0 Å². The van der Waals surface area contributed by atoms with Crippen molar-refractivity contribution in [1.82, 2.24) is 0 Å². The SMILES string of the molecule is Brc1cc[c-]cc1.CC(=O)OC[C@@H](OC(C)=O)[C@@H](OC(C)=O)[C@@H](OC(C)=O)[C@@H](OC(C)=O)C(=O)Cl.CC(=O)OC[C@@H](OC(C)=O)[C@@H](OC(C)=O)[C@@H](OC(C)=O)[C@@H](OC(C)=O)C(=O)c1ccc(Br)cc1.CO[C@@]1(c2ccc(Br)cc2)O[C@H](CO)[C@@H](O)[C@H](O)[C@H]1O.OC[C@H]1O[C@@H](c2ccc(Br)cc2)[C@H](O)[C@@H](O)[C@@H]1O.[Zn+][I]. The second-order valence-corrected chi connectivity index (χ2v) is 26.6. The summed E-state index contributed by atoms with van der Waals surface area (Å²) in [5.74, 6) is -11.2. The van der Waals surface area contributed by atoms with E-state index in [2.05, 4.69) is 89.5 Å². The third-order valence-corrected chi connectivity index (χ3v) is 16.5. The third kappa shape index (κ3) is 35.3. The average molecular weight is 1990 g/mol. The molecule has 33 nitrogen and oxygen atoms in total. The van der Waals surface area contributed by atoms with Gasteiger partial charge in [0.15, 0.2) is 36.6 Å². The molecule has 2 aliphatic rings. The van der Waals surface area contributed by atoms with Gasteiger partial charge < -0.3 is 102 Å². The predicted molar refractivity (Wildman–Crippen MR) is 394 cm³/mol. The van der Waals surface area contributed by atoms with E-state index in [0.717, 1.165) is 82.7 Å². The van der Waals surface area contributed by atoms with Crippen molar-refractivity contribution in [3.05, 3.63) is 138 Å². The van der Waals surface area contributed by atoms with E-state index in [1.165, 1.54) is 34.0 Å². The standard InChI is InChI=1S/C22H25BrO11.C16H21ClO11.C13H17BrO6.C12H15BrO5.C6H4Br.HI.Zn/c1-11(24)30-10-18(31-12(2)25)20(32-13(3)26)22(34-15(5)28)21(33-14(4)27)19(29)16-6-8-17(23)9-7-16;1-7(18)24-6-12(25-8(2)19)13(26-9(3)20)14(27-10(4)21)15(16(17)23)28-11(5)22;1-19-13(7-2-4-8(14)5-3-7)12(18)11(17)10(16)9(6-15)20-13;13-7-3-1-6(2-4-7)12-11(17)10(16)9(15)8(5-14)18-12;7-6-4-2-1-3-5-6;;/h6-9,18,20-22H,10H2,1-5H3;12-15H,6H2,1-5H3;2-5,9-12,15-18H,6H2,1H3;1-4,8-12,14-17H,5H2;2-5H;1H;/q;;;;-1;;+2/p-1/t18-,20-,21+,22-;12-,13-,14-,15-;9-,10-,11+,12-,13+;8-,9-,10+,11-,12+;;;/m1111.../s1. The van der Waals surface area contributed by atoms with Gasteiger partial charge in [0.05, 0.1) is 13.2 Å². The molecule has 18 atom stereocenters. The number of Topliss-reactive ketones (excluding diaryl/α,β-unsaturated/α-hetero) is 1. The Morgan fingerprint density at radius 1 is 0.459 bits per heavy atom. The first-order valence-corrected chi connectivity index (χ1v) is 44.4. The molecule has 0 unspecified atom stereocenters. The van der Waals surface area contributed by atoms with Gasteiger partial charge in [-0.3, -0.25) is 57.5 Å². The Bertz CT molecular complexity index is 3570. The minimum atomic E-state index is -1.90. The van der Waals surface area contributed by atoms with Crippen LogP contribution in [0, 0.1) is 6.07 Å². The van der Waals surface area contributed by atoms with Gasteiger partial charge in [0.1, 0.15) is 68.1 Å². The molecule has 40 heteroatoms. The molecule has 0 saturated carbocycles. The van der Waals surface area contributed by atoms with Crippen LogP contribution < -0.4 is 0 Å². The van der Waals surface area contributed by atoms with E-state index in [1.54, 1.807) is 60.7 Å². The van der Waals surface area contributed by atoms with E-state index in [9.17, 15) is 93.3 Å². The molecule has 2 heterocycles. The first-order valence-electron chi connectivity index (χ1n) is 31.8. The van der Waals surface area contributed by atoms with Crippen LogP contribution in [0.2, 0.25) is 0 Å². The zero-order valence-corrected chi connectivity index (χ0v) is 72.4. The number of rotatable bonds is 26. The maximum atomic E-state index is 13.3. The van der Waals surface area contributed by atoms with Gasteiger partial charge in [-0.25, -0.2) is 0 Å². The quantitative estimate of drug-likeness (QED) is 0.00797. The molecule has 109 heavy (non-hydrogen) atoms. The molecule has 4 aromatic rings. The van der Waals surface area contributed by atoms with Crippen molar-refractivity contribution in [2.45, 2.75) is 179 Å². The number of halogens is 6. The zero-order valence-electron chi connectivity index (χ0n) is 60.1. The first-order chi connectivity index (χ1) is 51.0. The molecule has 2 fully saturated rings. The van der Waals surface area contributed by atoms with E-state index in [1.807, 2.05) is 24.3 Å². The maximum absolute atomic E-state index is 13.3. The summed E-state index contributed by atoms with van der Waals surface area (Å²) in [6.07, 6.45) is -24.7. The van der Waals surface area contributed by atoms with Crippen LogP contribution in [0.25, 0.3) is 0 Å². The molecule has 0 aliphatic carbocycles. The fourth-order valence-corrected chi connectivity index (χ4v) is 10.9. The summed E-state index contributed by atoms with van der Waals surface area (Å²) in [5, 5.41) is 76.3. The molecule has 0 spiro atoms. The summed E-state index contributed by atoms with van der Waals surface area (Å²) in [7, 11) is 1.32. The first kappa shape index (κ1) is 101. The van der Waals surface area contributed by atoms with Crippen LogP contribution in [-0.2, 0) is 135 Å². The van der Waals surface area contributed by atoms with Gasteiger partial charge in [0, 0.05) is 101 Å². The summed E-state index contributed by atoms with van der Waals surface area (Å²) in [5.41, 5.74) is 1.23. The second kappa shape index (κ2) is 51.6. The minimum absolute atomic E-state index is 0.0807. The van der Waals surface area contributed by atoms with Crippen LogP contribution in [0.5, 0.6) is 0 Å². The van der Waals surface area contributed by atoms with Crippen molar-refractivity contribution >= 4 is 166 Å². The zero-order chi connectivity index (χ0) is 83.3. The van der Waals surface area contributed by atoms with Gasteiger partial charge in [-0.1, -0.05) is 105 Å². The van der Waals surface area contributed by atoms with Gasteiger partial charge in [0.25, 0.3) is 5.24 Å². The van der Waals surface area contributed by atoms with Crippen LogP contribution in [0.3, 0.4) is 0 Å². The normalized spacial score (nSPS) is 21.7. The van der Waals surface area contributed by atoms with Crippen molar-refractivity contribution < 1.29 is 175 Å². The van der Waals surface area contributed by atoms with Crippen LogP contribution in [0.15, 0.2) is 115 Å². The average Bonchev–Trinajstić information content (AvgIpc) is 0.754. The van der Waals surface area contributed by atoms with Gasteiger partial charge >= 0.3 is 94.2 Å². The Kier molecular flexibility index (Phi) is 47.9. The number of aliphatic hydroxyl groups excluding tert-OH is 8. The number of hydrogen-bond donors (Lipinski definition) is 8. The summed E-state index contributed by atoms with van der Waals surface area (Å²) in [6, 6.07) is 30.4. The second-order valence-electron chi connectivity index (χ2n) is 22.6. The van der Waals surface area contributed by atoms with Crippen molar-refractivity contribution in [2.75, 3.05) is 33.5 Å². The van der Waals surface area contributed by atoms with Crippen LogP contribution in [0.4, 0.5) is 0 Å². The van der Waals surface area contributed by atoms with E-state index >= 15 is 0 Å². The van der Waals surface area contributed by atoms with Gasteiger partial charge in [-0.05, 0) is 53.6 Å². The number of esters is 10. The molecule has 8 N–H and O–H groups in total. The van der Waals surface area contributed by atoms with E-state index in [0.29, 0.717) is 15.6 Å². The van der Waals surface area contributed by atoms with Gasteiger partial charge in [-0.2, -0.15) is 30.3 Å². The van der Waals surface area contributed by atoms with Crippen molar-refractivity contribution in [1.29, 1.82) is 0 Å². The Balaban J connectivity index is 0.000000714. The fourth-order valence-electron chi connectivity index (χ4n) is 9.69. The van der Waals surface area contributed by atoms with Crippen LogP contribution in [-0.4, -0.2) is 243 Å². The topological polar surface area (TPSA) is 487 Å². The molecular formula is C69H82Br4ClIO33Zn. The van der Waals surface area contributed by atoms with Crippen LogP contribution >= 0.6 is 95.1 Å². The van der Waals surface area contributed by atoms with E-state index in [4.69, 9.17) is 78.3 Å². The number of hydrogen-bond acceptors (Lipinski definition) is 33. The summed E-state index contributed by atoms with van der Waals surface area (Å²) < 4.78 is 70.0. The monoisotopic (exact) mass is 1980 g/mol. The number of carbonyl (C=O) groups is 12.